The molecule has 2 aromatic carbocycles. The van der Waals surface area contributed by atoms with Crippen molar-refractivity contribution in [1.29, 1.82) is 0 Å². The van der Waals surface area contributed by atoms with Crippen LogP contribution in [0.25, 0.3) is 16.5 Å². The number of benzene rings is 2. The summed E-state index contributed by atoms with van der Waals surface area (Å²) in [5.74, 6) is 0.289. The fraction of sp³-hybridized carbons (Fsp3) is 0.182. The number of ether oxygens (including phenoxy) is 1. The van der Waals surface area contributed by atoms with E-state index in [-0.39, 0.29) is 0 Å². The van der Waals surface area contributed by atoms with E-state index in [4.69, 9.17) is 17.4 Å². The number of esters is 1. The number of carbonyl (C=O) groups is 1. The van der Waals surface area contributed by atoms with Crippen LogP contribution in [-0.2, 0) is 27.9 Å². The molecule has 0 radical (unpaired) electrons. The average Bonchev–Trinajstić information content (AvgIpc) is 2.68. The summed E-state index contributed by atoms with van der Waals surface area (Å²) in [5.41, 5.74) is 2.69. The van der Waals surface area contributed by atoms with Gasteiger partial charge in [-0.1, -0.05) is 46.7 Å². The number of thioether (sulfide) groups is 1. The molecule has 0 unspecified atom stereocenters. The zero-order valence-electron chi connectivity index (χ0n) is 15.3. The minimum absolute atomic E-state index is 0.311. The molecule has 5 heteroatoms. The Labute approximate surface area is 169 Å². The van der Waals surface area contributed by atoms with Crippen LogP contribution >= 0.6 is 11.8 Å². The summed E-state index contributed by atoms with van der Waals surface area (Å²) in [6.07, 6.45) is 3.68. The number of carbonyl (C=O) groups excluding carboxylic acids is 1. The van der Waals surface area contributed by atoms with Crippen molar-refractivity contribution in [3.8, 4) is 0 Å². The summed E-state index contributed by atoms with van der Waals surface area (Å²) in [7, 11) is 0. The van der Waals surface area contributed by atoms with Crippen LogP contribution in [0, 0.1) is 6.92 Å². The zero-order valence-corrected chi connectivity index (χ0v) is 17.0. The molecule has 0 aliphatic rings. The molecule has 0 aliphatic heterocycles. The maximum atomic E-state index is 12.5. The van der Waals surface area contributed by atoms with Gasteiger partial charge in [-0.2, -0.15) is 4.57 Å². The van der Waals surface area contributed by atoms with Crippen molar-refractivity contribution in [2.45, 2.75) is 19.6 Å². The number of aryl methyl sites for hydroxylation is 1. The van der Waals surface area contributed by atoms with Gasteiger partial charge in [0, 0.05) is 17.9 Å². The minimum Gasteiger partial charge on any atom is -0.766 e. The Morgan fingerprint density at radius 1 is 1.07 bits per heavy atom. The highest BCUT2D eigenvalue weighted by molar-refractivity contribution is 8.10. The van der Waals surface area contributed by atoms with Crippen molar-refractivity contribution >= 4 is 46.8 Å². The van der Waals surface area contributed by atoms with Gasteiger partial charge >= 0.3 is 5.97 Å². The first-order valence-corrected chi connectivity index (χ1v) is 10.2. The third kappa shape index (κ3) is 4.67. The van der Waals surface area contributed by atoms with Gasteiger partial charge in [0.25, 0.3) is 5.70 Å². The standard InChI is InChI=1S/C22H21NO2S2/c1-3-25-21(24)20(23-13-11-16(2)12-14-23)22(26)27-15-18-9-6-8-17-7-4-5-10-19(17)18/h4-14H,3,15H2,1-2H3. The monoisotopic (exact) mass is 395 g/mol. The molecule has 0 bridgehead atoms. The lowest BCUT2D eigenvalue weighted by atomic mass is 10.1. The van der Waals surface area contributed by atoms with Gasteiger partial charge in [-0.3, -0.25) is 0 Å². The molecule has 3 rings (SSSR count). The molecule has 27 heavy (non-hydrogen) atoms. The Bertz CT molecular complexity index is 976. The maximum absolute atomic E-state index is 12.5. The lowest BCUT2D eigenvalue weighted by Crippen LogP contribution is -2.37. The molecule has 0 N–H and O–H groups in total. The topological polar surface area (TPSA) is 30.2 Å². The number of aromatic nitrogens is 1. The third-order valence-electron chi connectivity index (χ3n) is 4.16. The van der Waals surface area contributed by atoms with E-state index in [1.54, 1.807) is 11.5 Å². The van der Waals surface area contributed by atoms with E-state index in [0.29, 0.717) is 22.3 Å². The quantitative estimate of drug-likeness (QED) is 0.264. The van der Waals surface area contributed by atoms with Crippen LogP contribution in [0.3, 0.4) is 0 Å². The van der Waals surface area contributed by atoms with Crippen molar-refractivity contribution in [2.75, 3.05) is 6.61 Å². The Morgan fingerprint density at radius 3 is 2.52 bits per heavy atom. The van der Waals surface area contributed by atoms with E-state index >= 15 is 0 Å². The molecule has 3 nitrogen and oxygen atoms in total. The number of nitrogens with zero attached hydrogens (tertiary/aromatic N) is 1. The predicted octanol–water partition coefficient (Wildman–Crippen LogP) is 4.61. The van der Waals surface area contributed by atoms with Gasteiger partial charge in [-0.15, -0.1) is 11.8 Å². The number of rotatable bonds is 6. The Hall–Kier alpha value is -2.37. The first-order valence-electron chi connectivity index (χ1n) is 8.76. The summed E-state index contributed by atoms with van der Waals surface area (Å²) in [6.45, 7) is 4.11. The second-order valence-corrected chi connectivity index (χ2v) is 7.72. The number of hydrogen-bond donors (Lipinski definition) is 0. The summed E-state index contributed by atoms with van der Waals surface area (Å²) in [4.78, 5) is 12.5. The van der Waals surface area contributed by atoms with Crippen LogP contribution in [-0.4, -0.2) is 12.6 Å². The molecule has 0 spiro atoms. The van der Waals surface area contributed by atoms with Crippen LogP contribution in [0.1, 0.15) is 18.1 Å². The van der Waals surface area contributed by atoms with Crippen LogP contribution in [0.15, 0.2) is 71.2 Å². The van der Waals surface area contributed by atoms with Crippen molar-refractivity contribution < 1.29 is 14.1 Å². The van der Waals surface area contributed by atoms with Crippen molar-refractivity contribution in [1.82, 2.24) is 0 Å². The molecule has 0 fully saturated rings. The van der Waals surface area contributed by atoms with Gasteiger partial charge in [0.15, 0.2) is 12.4 Å². The van der Waals surface area contributed by atoms with E-state index in [1.807, 2.05) is 49.6 Å². The molecule has 0 saturated heterocycles. The first kappa shape index (κ1) is 19.4. The molecule has 138 valence electrons. The van der Waals surface area contributed by atoms with Crippen LogP contribution in [0.5, 0.6) is 0 Å². The van der Waals surface area contributed by atoms with E-state index in [9.17, 15) is 4.79 Å². The van der Waals surface area contributed by atoms with Gasteiger partial charge in [-0.25, -0.2) is 4.79 Å². The van der Waals surface area contributed by atoms with Crippen LogP contribution in [0.4, 0.5) is 0 Å². The van der Waals surface area contributed by atoms with E-state index in [1.165, 1.54) is 28.1 Å². The molecular formula is C22H21NO2S2. The number of fused-ring (bicyclic) bond motifs is 1. The molecule has 0 saturated carbocycles. The predicted molar refractivity (Wildman–Crippen MR) is 114 cm³/mol. The van der Waals surface area contributed by atoms with Crippen molar-refractivity contribution in [2.24, 2.45) is 0 Å². The third-order valence-corrected chi connectivity index (χ3v) is 5.61. The normalized spacial score (nSPS) is 11.9. The highest BCUT2D eigenvalue weighted by atomic mass is 32.2. The average molecular weight is 396 g/mol. The second-order valence-electron chi connectivity index (χ2n) is 6.07. The van der Waals surface area contributed by atoms with E-state index < -0.39 is 5.97 Å². The van der Waals surface area contributed by atoms with Gasteiger partial charge < -0.3 is 17.4 Å². The highest BCUT2D eigenvalue weighted by Gasteiger charge is 2.22. The largest absolute Gasteiger partial charge is 0.766 e. The van der Waals surface area contributed by atoms with Gasteiger partial charge in [0.2, 0.25) is 0 Å². The first-order chi connectivity index (χ1) is 13.1. The fourth-order valence-electron chi connectivity index (χ4n) is 2.77. The van der Waals surface area contributed by atoms with E-state index in [0.717, 1.165) is 5.56 Å². The van der Waals surface area contributed by atoms with Gasteiger partial charge in [0.05, 0.1) is 6.61 Å². The second kappa shape index (κ2) is 9.02. The Balaban J connectivity index is 1.91. The fourth-order valence-corrected chi connectivity index (χ4v) is 4.00. The van der Waals surface area contributed by atoms with Crippen molar-refractivity contribution in [3.63, 3.8) is 0 Å². The lowest BCUT2D eigenvalue weighted by Gasteiger charge is -2.15. The Morgan fingerprint density at radius 2 is 1.78 bits per heavy atom. The molecule has 0 aliphatic carbocycles. The minimum atomic E-state index is -0.401. The smallest absolute Gasteiger partial charge is 0.403 e. The summed E-state index contributed by atoms with van der Waals surface area (Å²) in [6, 6.07) is 18.4. The van der Waals surface area contributed by atoms with Gasteiger partial charge in [0.1, 0.15) is 0 Å². The van der Waals surface area contributed by atoms with Crippen LogP contribution < -0.4 is 4.57 Å². The molecule has 0 atom stereocenters. The number of hydrogen-bond acceptors (Lipinski definition) is 4. The summed E-state index contributed by atoms with van der Waals surface area (Å²) < 4.78 is 7.50. The maximum Gasteiger partial charge on any atom is 0.403 e. The van der Waals surface area contributed by atoms with Gasteiger partial charge in [-0.05, 0) is 35.7 Å². The molecule has 0 amide bonds. The molecular weight excluding hydrogens is 374 g/mol. The zero-order chi connectivity index (χ0) is 19.2. The molecule has 3 aromatic rings. The highest BCUT2D eigenvalue weighted by Crippen LogP contribution is 2.28. The van der Waals surface area contributed by atoms with E-state index in [2.05, 4.69) is 24.3 Å². The number of pyridine rings is 1. The summed E-state index contributed by atoms with van der Waals surface area (Å²) >= 11 is 7.09. The summed E-state index contributed by atoms with van der Waals surface area (Å²) in [5, 5.41) is 2.40. The van der Waals surface area contributed by atoms with Crippen molar-refractivity contribution in [3.05, 3.63) is 82.4 Å². The molecule has 1 aromatic heterocycles. The SMILES string of the molecule is CCOC(=O)/C(=C(/[S-])SCc1cccc2ccccc12)[n+]1ccc(C)cc1. The Kier molecular flexibility index (Phi) is 6.48. The lowest BCUT2D eigenvalue weighted by molar-refractivity contribution is -0.578. The van der Waals surface area contributed by atoms with Crippen LogP contribution in [0.2, 0.25) is 0 Å². The molecule has 1 heterocycles.